The largest absolute Gasteiger partial charge is 0.342 e. The molecule has 3 heterocycles. The molecule has 7 nitrogen and oxygen atoms in total. The van der Waals surface area contributed by atoms with Crippen molar-refractivity contribution in [3.63, 3.8) is 0 Å². The molecule has 0 fully saturated rings. The molecule has 0 aromatic carbocycles. The highest BCUT2D eigenvalue weighted by atomic mass is 16.5. The van der Waals surface area contributed by atoms with Crippen LogP contribution >= 0.6 is 0 Å². The van der Waals surface area contributed by atoms with Gasteiger partial charge in [-0.1, -0.05) is 5.16 Å². The number of aromatic nitrogens is 6. The number of rotatable bonds is 2. The average molecular weight is 214 g/mol. The fraction of sp³-hybridized carbons (Fsp3) is 0. The van der Waals surface area contributed by atoms with E-state index in [1.165, 1.54) is 0 Å². The van der Waals surface area contributed by atoms with Gasteiger partial charge in [0.25, 0.3) is 5.89 Å². The first-order valence-corrected chi connectivity index (χ1v) is 4.53. The van der Waals surface area contributed by atoms with Crippen LogP contribution < -0.4 is 0 Å². The molecule has 7 heteroatoms. The molecule has 78 valence electrons. The molecule has 0 radical (unpaired) electrons. The van der Waals surface area contributed by atoms with Crippen LogP contribution in [0.1, 0.15) is 0 Å². The van der Waals surface area contributed by atoms with E-state index in [1.54, 1.807) is 31.0 Å². The van der Waals surface area contributed by atoms with E-state index in [2.05, 4.69) is 30.1 Å². The van der Waals surface area contributed by atoms with Crippen molar-refractivity contribution in [1.82, 2.24) is 30.1 Å². The maximum Gasteiger partial charge on any atom is 0.278 e. The summed E-state index contributed by atoms with van der Waals surface area (Å²) in [6.07, 6.45) is 8.00. The maximum atomic E-state index is 5.05. The van der Waals surface area contributed by atoms with E-state index in [0.29, 0.717) is 23.2 Å². The number of nitrogens with zero attached hydrogens (tertiary/aromatic N) is 5. The lowest BCUT2D eigenvalue weighted by atomic mass is 10.4. The summed E-state index contributed by atoms with van der Waals surface area (Å²) in [4.78, 5) is 19.0. The van der Waals surface area contributed by atoms with E-state index >= 15 is 0 Å². The molecule has 16 heavy (non-hydrogen) atoms. The summed E-state index contributed by atoms with van der Waals surface area (Å²) >= 11 is 0. The van der Waals surface area contributed by atoms with Crippen molar-refractivity contribution in [2.45, 2.75) is 0 Å². The number of nitrogens with one attached hydrogen (secondary N) is 1. The van der Waals surface area contributed by atoms with E-state index in [9.17, 15) is 0 Å². The monoisotopic (exact) mass is 214 g/mol. The summed E-state index contributed by atoms with van der Waals surface area (Å²) in [5, 5.41) is 3.79. The van der Waals surface area contributed by atoms with Gasteiger partial charge in [-0.2, -0.15) is 4.98 Å². The van der Waals surface area contributed by atoms with Crippen LogP contribution in [0, 0.1) is 0 Å². The Labute approximate surface area is 89.6 Å². The van der Waals surface area contributed by atoms with Gasteiger partial charge in [-0.15, -0.1) is 0 Å². The van der Waals surface area contributed by atoms with Crippen molar-refractivity contribution in [2.75, 3.05) is 0 Å². The molecule has 3 rings (SSSR count). The van der Waals surface area contributed by atoms with Crippen LogP contribution in [0.3, 0.4) is 0 Å². The van der Waals surface area contributed by atoms with E-state index in [0.717, 1.165) is 0 Å². The van der Waals surface area contributed by atoms with E-state index in [1.807, 2.05) is 0 Å². The Kier molecular flexibility index (Phi) is 1.93. The molecular weight excluding hydrogens is 208 g/mol. The zero-order chi connectivity index (χ0) is 10.8. The number of imidazole rings is 1. The van der Waals surface area contributed by atoms with Crippen molar-refractivity contribution < 1.29 is 4.52 Å². The zero-order valence-corrected chi connectivity index (χ0v) is 8.03. The molecule has 0 saturated carbocycles. The molecule has 0 aliphatic carbocycles. The quantitative estimate of drug-likeness (QED) is 0.681. The summed E-state index contributed by atoms with van der Waals surface area (Å²) in [6.45, 7) is 0. The van der Waals surface area contributed by atoms with Crippen molar-refractivity contribution in [2.24, 2.45) is 0 Å². The second-order valence-electron chi connectivity index (χ2n) is 2.95. The summed E-state index contributed by atoms with van der Waals surface area (Å²) < 4.78 is 5.05. The van der Waals surface area contributed by atoms with Gasteiger partial charge >= 0.3 is 0 Å². The van der Waals surface area contributed by atoms with Crippen molar-refractivity contribution in [3.05, 3.63) is 31.0 Å². The first kappa shape index (κ1) is 8.72. The minimum absolute atomic E-state index is 0.319. The lowest BCUT2D eigenvalue weighted by Gasteiger charge is -1.88. The van der Waals surface area contributed by atoms with E-state index in [4.69, 9.17) is 4.52 Å². The molecule has 0 aliphatic rings. The minimum Gasteiger partial charge on any atom is -0.342 e. The first-order chi connectivity index (χ1) is 7.93. The van der Waals surface area contributed by atoms with Gasteiger partial charge in [-0.25, -0.2) is 9.97 Å². The van der Waals surface area contributed by atoms with Crippen LogP contribution in [-0.2, 0) is 0 Å². The Balaban J connectivity index is 2.00. The lowest BCUT2D eigenvalue weighted by molar-refractivity contribution is 0.430. The van der Waals surface area contributed by atoms with E-state index in [-0.39, 0.29) is 0 Å². The van der Waals surface area contributed by atoms with Crippen LogP contribution in [0.2, 0.25) is 0 Å². The lowest BCUT2D eigenvalue weighted by Crippen LogP contribution is -1.85. The van der Waals surface area contributed by atoms with Gasteiger partial charge in [0, 0.05) is 24.8 Å². The van der Waals surface area contributed by atoms with Crippen LogP contribution in [0.25, 0.3) is 23.2 Å². The smallest absolute Gasteiger partial charge is 0.278 e. The second kappa shape index (κ2) is 3.54. The summed E-state index contributed by atoms with van der Waals surface area (Å²) in [5.74, 6) is 1.27. The average Bonchev–Trinajstić information content (AvgIpc) is 3.01. The number of hydrogen-bond donors (Lipinski definition) is 1. The van der Waals surface area contributed by atoms with Crippen LogP contribution in [0.5, 0.6) is 0 Å². The molecule has 3 aromatic rings. The Morgan fingerprint density at radius 1 is 1.12 bits per heavy atom. The predicted molar refractivity (Wildman–Crippen MR) is 52.9 cm³/mol. The Hall–Kier alpha value is -2.57. The Morgan fingerprint density at radius 2 is 2.12 bits per heavy atom. The summed E-state index contributed by atoms with van der Waals surface area (Å²) in [6, 6.07) is 0. The summed E-state index contributed by atoms with van der Waals surface area (Å²) in [7, 11) is 0. The molecule has 3 aromatic heterocycles. The molecule has 0 bridgehead atoms. The predicted octanol–water partition coefficient (Wildman–Crippen LogP) is 0.917. The fourth-order valence-electron chi connectivity index (χ4n) is 1.22. The van der Waals surface area contributed by atoms with Crippen LogP contribution in [0.15, 0.2) is 35.5 Å². The third-order valence-corrected chi connectivity index (χ3v) is 1.92. The molecule has 0 unspecified atom stereocenters. The molecule has 0 saturated heterocycles. The van der Waals surface area contributed by atoms with Gasteiger partial charge in [-0.05, 0) is 0 Å². The highest BCUT2D eigenvalue weighted by Crippen LogP contribution is 2.16. The van der Waals surface area contributed by atoms with Gasteiger partial charge in [0.2, 0.25) is 5.82 Å². The molecule has 0 amide bonds. The molecule has 0 aliphatic heterocycles. The topological polar surface area (TPSA) is 93.4 Å². The Morgan fingerprint density at radius 3 is 2.88 bits per heavy atom. The summed E-state index contributed by atoms with van der Waals surface area (Å²) in [5.41, 5.74) is 0.535. The molecule has 1 N–H and O–H groups in total. The van der Waals surface area contributed by atoms with Gasteiger partial charge in [0.05, 0.1) is 6.20 Å². The molecular formula is C9H6N6O. The maximum absolute atomic E-state index is 5.05. The minimum atomic E-state index is 0.319. The van der Waals surface area contributed by atoms with Crippen LogP contribution in [-0.4, -0.2) is 30.1 Å². The Bertz CT molecular complexity index is 573. The fourth-order valence-corrected chi connectivity index (χ4v) is 1.22. The van der Waals surface area contributed by atoms with Gasteiger partial charge in [-0.3, -0.25) is 4.98 Å². The van der Waals surface area contributed by atoms with Gasteiger partial charge in [0.1, 0.15) is 5.69 Å². The standard InChI is InChI=1S/C9H6N6O/c1-2-11-6(5-10-1)9-14-8(15-16-9)7-12-3-4-13-7/h1-5H,(H,12,13). The first-order valence-electron chi connectivity index (χ1n) is 4.53. The molecule has 0 spiro atoms. The van der Waals surface area contributed by atoms with E-state index < -0.39 is 0 Å². The van der Waals surface area contributed by atoms with Crippen LogP contribution in [0.4, 0.5) is 0 Å². The second-order valence-corrected chi connectivity index (χ2v) is 2.95. The van der Waals surface area contributed by atoms with Crippen molar-refractivity contribution in [3.8, 4) is 23.2 Å². The third kappa shape index (κ3) is 1.44. The SMILES string of the molecule is c1cnc(-c2nc(-c3ncc[nH]3)no2)cn1. The van der Waals surface area contributed by atoms with Crippen molar-refractivity contribution >= 4 is 0 Å². The zero-order valence-electron chi connectivity index (χ0n) is 8.03. The van der Waals surface area contributed by atoms with Gasteiger partial charge in [0.15, 0.2) is 5.82 Å². The highest BCUT2D eigenvalue weighted by Gasteiger charge is 2.12. The van der Waals surface area contributed by atoms with Crippen molar-refractivity contribution in [1.29, 1.82) is 0 Å². The highest BCUT2D eigenvalue weighted by molar-refractivity contribution is 5.50. The number of H-pyrrole nitrogens is 1. The molecule has 0 atom stereocenters. The number of hydrogen-bond acceptors (Lipinski definition) is 6. The third-order valence-electron chi connectivity index (χ3n) is 1.92. The number of aromatic amines is 1. The normalized spacial score (nSPS) is 10.5. The van der Waals surface area contributed by atoms with Gasteiger partial charge < -0.3 is 9.51 Å².